The molecule has 3 N–H and O–H groups in total. The number of carboxylic acid groups (broad SMARTS) is 1. The van der Waals surface area contributed by atoms with Crippen LogP contribution in [-0.4, -0.2) is 32.4 Å². The van der Waals surface area contributed by atoms with Gasteiger partial charge in [-0.25, -0.2) is 0 Å². The molecule has 1 aromatic carbocycles. The van der Waals surface area contributed by atoms with Crippen molar-refractivity contribution >= 4 is 17.6 Å². The van der Waals surface area contributed by atoms with E-state index in [1.807, 2.05) is 6.07 Å². The lowest BCUT2D eigenvalue weighted by molar-refractivity contribution is -0.139. The molecule has 0 bridgehead atoms. The Hall–Kier alpha value is -2.70. The Bertz CT molecular complexity index is 554. The van der Waals surface area contributed by atoms with E-state index in [-0.39, 0.29) is 6.42 Å². The number of nitrogens with one attached hydrogen (secondary N) is 2. The quantitative estimate of drug-likeness (QED) is 0.743. The molecule has 0 spiro atoms. The third kappa shape index (κ3) is 3.38. The number of H-pyrrole nitrogens is 1. The van der Waals surface area contributed by atoms with Gasteiger partial charge in [0.15, 0.2) is 0 Å². The van der Waals surface area contributed by atoms with Crippen LogP contribution in [0.5, 0.6) is 0 Å². The van der Waals surface area contributed by atoms with Crippen molar-refractivity contribution in [1.29, 1.82) is 0 Å². The van der Waals surface area contributed by atoms with E-state index in [2.05, 4.69) is 20.7 Å². The summed E-state index contributed by atoms with van der Waals surface area (Å²) in [6, 6.07) is 8.82. The number of amides is 1. The third-order valence-electron chi connectivity index (χ3n) is 2.55. The molecule has 1 amide bonds. The summed E-state index contributed by atoms with van der Waals surface area (Å²) in [4.78, 5) is 22.9. The van der Waals surface area contributed by atoms with Gasteiger partial charge in [0.05, 0.1) is 24.2 Å². The molecule has 0 aliphatic carbocycles. The fraction of sp³-hybridized carbons (Fsp3) is 0.167. The standard InChI is InChI=1S/C12H12N4O3/c17-11(18)6-9(10-7-13-16-15-10)12(19)14-8-4-2-1-3-5-8/h1-5,7,9H,6H2,(H,14,19)(H,17,18)(H,13,15,16). The van der Waals surface area contributed by atoms with Gasteiger partial charge in [-0.15, -0.1) is 5.10 Å². The van der Waals surface area contributed by atoms with Crippen molar-refractivity contribution in [2.24, 2.45) is 0 Å². The smallest absolute Gasteiger partial charge is 0.304 e. The van der Waals surface area contributed by atoms with Gasteiger partial charge >= 0.3 is 5.97 Å². The summed E-state index contributed by atoms with van der Waals surface area (Å²) < 4.78 is 0. The monoisotopic (exact) mass is 260 g/mol. The molecule has 0 saturated carbocycles. The van der Waals surface area contributed by atoms with E-state index < -0.39 is 17.8 Å². The van der Waals surface area contributed by atoms with Crippen LogP contribution in [0.4, 0.5) is 5.69 Å². The molecule has 1 unspecified atom stereocenters. The molecule has 0 aliphatic rings. The predicted octanol–water partition coefficient (Wildman–Crippen LogP) is 1.00. The minimum Gasteiger partial charge on any atom is -0.481 e. The zero-order valence-corrected chi connectivity index (χ0v) is 9.91. The van der Waals surface area contributed by atoms with E-state index >= 15 is 0 Å². The van der Waals surface area contributed by atoms with E-state index in [1.54, 1.807) is 24.3 Å². The van der Waals surface area contributed by atoms with Crippen molar-refractivity contribution in [3.63, 3.8) is 0 Å². The van der Waals surface area contributed by atoms with Crippen LogP contribution >= 0.6 is 0 Å². The molecule has 2 aromatic rings. The second-order valence-corrected chi connectivity index (χ2v) is 3.92. The number of rotatable bonds is 5. The summed E-state index contributed by atoms with van der Waals surface area (Å²) in [5, 5.41) is 21.1. The van der Waals surface area contributed by atoms with Crippen LogP contribution in [0.15, 0.2) is 36.5 Å². The van der Waals surface area contributed by atoms with Crippen molar-refractivity contribution in [2.45, 2.75) is 12.3 Å². The van der Waals surface area contributed by atoms with Crippen molar-refractivity contribution in [3.05, 3.63) is 42.2 Å². The van der Waals surface area contributed by atoms with Gasteiger partial charge in [0.1, 0.15) is 0 Å². The number of aliphatic carboxylic acids is 1. The fourth-order valence-corrected chi connectivity index (χ4v) is 1.64. The van der Waals surface area contributed by atoms with E-state index in [0.717, 1.165) is 0 Å². The first kappa shape index (κ1) is 12.7. The number of carboxylic acids is 1. The number of carbonyl (C=O) groups is 2. The Kier molecular flexibility index (Phi) is 3.87. The van der Waals surface area contributed by atoms with Crippen molar-refractivity contribution in [2.75, 3.05) is 5.32 Å². The highest BCUT2D eigenvalue weighted by Gasteiger charge is 2.25. The van der Waals surface area contributed by atoms with Crippen molar-refractivity contribution in [3.8, 4) is 0 Å². The maximum absolute atomic E-state index is 12.1. The molecule has 7 heteroatoms. The van der Waals surface area contributed by atoms with Gasteiger partial charge in [0.25, 0.3) is 0 Å². The normalized spacial score (nSPS) is 11.8. The summed E-state index contributed by atoms with van der Waals surface area (Å²) in [6.45, 7) is 0. The molecule has 98 valence electrons. The number of aromatic nitrogens is 3. The molecule has 1 atom stereocenters. The largest absolute Gasteiger partial charge is 0.481 e. The van der Waals surface area contributed by atoms with Crippen molar-refractivity contribution in [1.82, 2.24) is 15.4 Å². The summed E-state index contributed by atoms with van der Waals surface area (Å²) in [5.74, 6) is -2.34. The van der Waals surface area contributed by atoms with Gasteiger partial charge in [-0.3, -0.25) is 14.7 Å². The Balaban J connectivity index is 2.14. The lowest BCUT2D eigenvalue weighted by atomic mass is 10.0. The minimum absolute atomic E-state index is 0.331. The van der Waals surface area contributed by atoms with Crippen molar-refractivity contribution < 1.29 is 14.7 Å². The maximum atomic E-state index is 12.1. The highest BCUT2D eigenvalue weighted by molar-refractivity contribution is 5.97. The zero-order valence-electron chi connectivity index (χ0n) is 9.91. The summed E-state index contributed by atoms with van der Waals surface area (Å²) in [7, 11) is 0. The van der Waals surface area contributed by atoms with Crippen LogP contribution in [0.3, 0.4) is 0 Å². The second kappa shape index (κ2) is 5.76. The first-order chi connectivity index (χ1) is 9.16. The zero-order chi connectivity index (χ0) is 13.7. The number of benzene rings is 1. The number of hydrogen-bond donors (Lipinski definition) is 3. The van der Waals surface area contributed by atoms with Gasteiger partial charge < -0.3 is 10.4 Å². The maximum Gasteiger partial charge on any atom is 0.304 e. The van der Waals surface area contributed by atoms with Gasteiger partial charge in [-0.05, 0) is 12.1 Å². The summed E-state index contributed by atoms with van der Waals surface area (Å²) in [5.41, 5.74) is 0.978. The number of para-hydroxylation sites is 1. The average molecular weight is 260 g/mol. The molecule has 19 heavy (non-hydrogen) atoms. The number of nitrogens with zero attached hydrogens (tertiary/aromatic N) is 2. The summed E-state index contributed by atoms with van der Waals surface area (Å²) in [6.07, 6.45) is 1.01. The number of hydrogen-bond acceptors (Lipinski definition) is 4. The van der Waals surface area contributed by atoms with Crippen LogP contribution in [-0.2, 0) is 9.59 Å². The van der Waals surface area contributed by atoms with Gasteiger partial charge in [0.2, 0.25) is 5.91 Å². The lowest BCUT2D eigenvalue weighted by Gasteiger charge is -2.12. The van der Waals surface area contributed by atoms with Gasteiger partial charge in [0, 0.05) is 5.69 Å². The van der Waals surface area contributed by atoms with E-state index in [9.17, 15) is 9.59 Å². The Morgan fingerprint density at radius 1 is 1.32 bits per heavy atom. The molecule has 1 heterocycles. The Labute approximate surface area is 108 Å². The van der Waals surface area contributed by atoms with Crippen LogP contribution in [0.1, 0.15) is 18.0 Å². The Morgan fingerprint density at radius 2 is 2.05 bits per heavy atom. The summed E-state index contributed by atoms with van der Waals surface area (Å²) >= 11 is 0. The highest BCUT2D eigenvalue weighted by atomic mass is 16.4. The Morgan fingerprint density at radius 3 is 2.63 bits per heavy atom. The molecule has 0 radical (unpaired) electrons. The van der Waals surface area contributed by atoms with Crippen LogP contribution in [0, 0.1) is 0 Å². The number of carbonyl (C=O) groups excluding carboxylic acids is 1. The average Bonchev–Trinajstić information content (AvgIpc) is 2.90. The van der Waals surface area contributed by atoms with Crippen LogP contribution in [0.25, 0.3) is 0 Å². The first-order valence-corrected chi connectivity index (χ1v) is 5.60. The third-order valence-corrected chi connectivity index (χ3v) is 2.55. The molecular formula is C12H12N4O3. The SMILES string of the molecule is O=C(O)CC(C(=O)Nc1ccccc1)c1cnn[nH]1. The fourth-order valence-electron chi connectivity index (χ4n) is 1.64. The number of anilines is 1. The van der Waals surface area contributed by atoms with Crippen LogP contribution in [0.2, 0.25) is 0 Å². The molecule has 1 aromatic heterocycles. The first-order valence-electron chi connectivity index (χ1n) is 5.60. The lowest BCUT2D eigenvalue weighted by Crippen LogP contribution is -2.23. The second-order valence-electron chi connectivity index (χ2n) is 3.92. The molecule has 2 rings (SSSR count). The van der Waals surface area contributed by atoms with Gasteiger partial charge in [-0.2, -0.15) is 0 Å². The van der Waals surface area contributed by atoms with E-state index in [0.29, 0.717) is 11.4 Å². The highest BCUT2D eigenvalue weighted by Crippen LogP contribution is 2.19. The minimum atomic E-state index is -1.07. The predicted molar refractivity (Wildman–Crippen MR) is 66.4 cm³/mol. The van der Waals surface area contributed by atoms with Crippen LogP contribution < -0.4 is 5.32 Å². The molecular weight excluding hydrogens is 248 g/mol. The van der Waals surface area contributed by atoms with E-state index in [4.69, 9.17) is 5.11 Å². The molecule has 7 nitrogen and oxygen atoms in total. The van der Waals surface area contributed by atoms with E-state index in [1.165, 1.54) is 6.20 Å². The number of aromatic amines is 1. The molecule has 0 aliphatic heterocycles. The molecule has 0 saturated heterocycles. The van der Waals surface area contributed by atoms with Gasteiger partial charge in [-0.1, -0.05) is 23.4 Å². The topological polar surface area (TPSA) is 108 Å². The molecule has 0 fully saturated rings.